The first-order chi connectivity index (χ1) is 7.31. The van der Waals surface area contributed by atoms with E-state index in [4.69, 9.17) is 9.31 Å². The molecule has 1 aliphatic heterocycles. The van der Waals surface area contributed by atoms with Gasteiger partial charge in [-0.2, -0.15) is 0 Å². The lowest BCUT2D eigenvalue weighted by Crippen LogP contribution is -2.47. The number of rotatable bonds is 3. The summed E-state index contributed by atoms with van der Waals surface area (Å²) in [7, 11) is -0.267. The molecule has 1 saturated heterocycles. The van der Waals surface area contributed by atoms with Crippen LogP contribution in [0.2, 0.25) is 6.32 Å². The first-order valence-electron chi connectivity index (χ1n) is 6.17. The monoisotopic (exact) mass is 210 g/mol. The molecule has 2 fully saturated rings. The van der Waals surface area contributed by atoms with E-state index in [1.807, 2.05) is 0 Å². The van der Waals surface area contributed by atoms with Crippen LogP contribution in [0.4, 0.5) is 0 Å². The average molecular weight is 210 g/mol. The van der Waals surface area contributed by atoms with Crippen LogP contribution in [0.1, 0.15) is 45.4 Å². The Labute approximate surface area is 91.7 Å². The van der Waals surface area contributed by atoms with Crippen molar-refractivity contribution >= 4 is 13.1 Å². The van der Waals surface area contributed by atoms with Crippen molar-refractivity contribution in [2.24, 2.45) is 5.92 Å². The maximum absolute atomic E-state index is 11.7. The Balaban J connectivity index is 1.90. The predicted octanol–water partition coefficient (Wildman–Crippen LogP) is 2.41. The SMILES string of the molecule is CCCCB1OC(=O)[C@H]2CCCC[C@H]2O1. The van der Waals surface area contributed by atoms with Gasteiger partial charge in [-0.3, -0.25) is 4.79 Å². The van der Waals surface area contributed by atoms with E-state index in [0.717, 1.165) is 38.4 Å². The van der Waals surface area contributed by atoms with Gasteiger partial charge < -0.3 is 9.31 Å². The molecule has 1 saturated carbocycles. The highest BCUT2D eigenvalue weighted by Crippen LogP contribution is 2.32. The van der Waals surface area contributed by atoms with Crippen molar-refractivity contribution in [1.29, 1.82) is 0 Å². The molecule has 1 aliphatic carbocycles. The lowest BCUT2D eigenvalue weighted by Gasteiger charge is -2.36. The van der Waals surface area contributed by atoms with Gasteiger partial charge >= 0.3 is 7.12 Å². The third kappa shape index (κ3) is 2.54. The van der Waals surface area contributed by atoms with Crippen LogP contribution in [-0.2, 0) is 14.1 Å². The van der Waals surface area contributed by atoms with Gasteiger partial charge in [0, 0.05) is 0 Å². The number of hydrogen-bond donors (Lipinski definition) is 0. The Hall–Kier alpha value is -0.505. The van der Waals surface area contributed by atoms with Gasteiger partial charge in [0.2, 0.25) is 0 Å². The summed E-state index contributed by atoms with van der Waals surface area (Å²) in [6.07, 6.45) is 7.48. The number of fused-ring (bicyclic) bond motifs is 1. The van der Waals surface area contributed by atoms with Gasteiger partial charge in [0.1, 0.15) is 0 Å². The van der Waals surface area contributed by atoms with E-state index in [1.54, 1.807) is 0 Å². The standard InChI is InChI=1S/C11H19BO3/c1-2-3-8-12-14-10-7-5-4-6-9(10)11(13)15-12/h9-10H,2-8H2,1H3/t9-,10+/m0/s1. The van der Waals surface area contributed by atoms with Crippen molar-refractivity contribution in [1.82, 2.24) is 0 Å². The first-order valence-corrected chi connectivity index (χ1v) is 6.17. The van der Waals surface area contributed by atoms with Gasteiger partial charge in [-0.1, -0.05) is 32.6 Å². The van der Waals surface area contributed by atoms with Crippen LogP contribution in [0.5, 0.6) is 0 Å². The van der Waals surface area contributed by atoms with E-state index >= 15 is 0 Å². The second-order valence-corrected chi connectivity index (χ2v) is 4.57. The highest BCUT2D eigenvalue weighted by molar-refractivity contribution is 6.47. The Morgan fingerprint density at radius 1 is 1.40 bits per heavy atom. The molecular formula is C11H19BO3. The summed E-state index contributed by atoms with van der Waals surface area (Å²) in [5, 5.41) is 0. The van der Waals surface area contributed by atoms with Crippen molar-refractivity contribution in [3.63, 3.8) is 0 Å². The predicted molar refractivity (Wildman–Crippen MR) is 58.4 cm³/mol. The first kappa shape index (κ1) is 11.0. The third-order valence-electron chi connectivity index (χ3n) is 3.37. The molecule has 4 heteroatoms. The molecule has 15 heavy (non-hydrogen) atoms. The highest BCUT2D eigenvalue weighted by Gasteiger charge is 2.42. The van der Waals surface area contributed by atoms with Crippen LogP contribution < -0.4 is 0 Å². The summed E-state index contributed by atoms with van der Waals surface area (Å²) in [6, 6.07) is 0. The number of hydrogen-bond acceptors (Lipinski definition) is 3. The lowest BCUT2D eigenvalue weighted by molar-refractivity contribution is -0.152. The second kappa shape index (κ2) is 5.02. The second-order valence-electron chi connectivity index (χ2n) is 4.57. The summed E-state index contributed by atoms with van der Waals surface area (Å²) in [5.74, 6) is 0.00341. The molecule has 0 spiro atoms. The summed E-state index contributed by atoms with van der Waals surface area (Å²) in [6.45, 7) is 2.13. The summed E-state index contributed by atoms with van der Waals surface area (Å²) < 4.78 is 11.1. The van der Waals surface area contributed by atoms with Gasteiger partial charge in [0.25, 0.3) is 5.97 Å². The fraction of sp³-hybridized carbons (Fsp3) is 0.909. The van der Waals surface area contributed by atoms with Crippen molar-refractivity contribution in [2.45, 2.75) is 57.9 Å². The van der Waals surface area contributed by atoms with E-state index in [0.29, 0.717) is 0 Å². The molecule has 0 radical (unpaired) electrons. The smallest absolute Gasteiger partial charge is 0.509 e. The van der Waals surface area contributed by atoms with Crippen LogP contribution in [0.3, 0.4) is 0 Å². The van der Waals surface area contributed by atoms with Crippen molar-refractivity contribution in [3.8, 4) is 0 Å². The molecule has 0 unspecified atom stereocenters. The minimum atomic E-state index is -0.267. The number of unbranched alkanes of at least 4 members (excludes halogenated alkanes) is 1. The zero-order valence-electron chi connectivity index (χ0n) is 9.41. The summed E-state index contributed by atoms with van der Waals surface area (Å²) >= 11 is 0. The van der Waals surface area contributed by atoms with E-state index in [-0.39, 0.29) is 25.1 Å². The maximum atomic E-state index is 11.7. The van der Waals surface area contributed by atoms with Gasteiger partial charge in [0.05, 0.1) is 12.0 Å². The quantitative estimate of drug-likeness (QED) is 0.671. The van der Waals surface area contributed by atoms with Gasteiger partial charge in [-0.05, 0) is 19.2 Å². The van der Waals surface area contributed by atoms with Gasteiger partial charge in [-0.15, -0.1) is 0 Å². The fourth-order valence-corrected chi connectivity index (χ4v) is 2.47. The van der Waals surface area contributed by atoms with Crippen LogP contribution in [0, 0.1) is 5.92 Å². The third-order valence-corrected chi connectivity index (χ3v) is 3.37. The molecule has 0 aromatic rings. The molecule has 0 amide bonds. The largest absolute Gasteiger partial charge is 0.527 e. The van der Waals surface area contributed by atoms with E-state index in [1.165, 1.54) is 6.42 Å². The molecule has 0 aromatic heterocycles. The summed E-state index contributed by atoms with van der Waals surface area (Å²) in [5.41, 5.74) is 0. The molecule has 3 nitrogen and oxygen atoms in total. The van der Waals surface area contributed by atoms with E-state index in [2.05, 4.69) is 6.92 Å². The molecule has 2 atom stereocenters. The molecule has 2 rings (SSSR count). The lowest BCUT2D eigenvalue weighted by atomic mass is 9.76. The molecule has 0 bridgehead atoms. The molecular weight excluding hydrogens is 191 g/mol. The molecule has 2 aliphatic rings. The Kier molecular flexibility index (Phi) is 3.68. The molecule has 1 heterocycles. The number of carbonyl (C=O) groups is 1. The average Bonchev–Trinajstić information content (AvgIpc) is 2.26. The van der Waals surface area contributed by atoms with Crippen LogP contribution >= 0.6 is 0 Å². The normalized spacial score (nSPS) is 31.0. The Morgan fingerprint density at radius 2 is 2.20 bits per heavy atom. The Bertz CT molecular complexity index is 232. The van der Waals surface area contributed by atoms with Crippen LogP contribution in [-0.4, -0.2) is 19.2 Å². The zero-order chi connectivity index (χ0) is 10.7. The van der Waals surface area contributed by atoms with Crippen molar-refractivity contribution in [3.05, 3.63) is 0 Å². The van der Waals surface area contributed by atoms with Crippen molar-refractivity contribution < 1.29 is 14.1 Å². The molecule has 84 valence electrons. The van der Waals surface area contributed by atoms with Crippen LogP contribution in [0.25, 0.3) is 0 Å². The van der Waals surface area contributed by atoms with Crippen molar-refractivity contribution in [2.75, 3.05) is 0 Å². The molecule has 0 aromatic carbocycles. The topological polar surface area (TPSA) is 35.5 Å². The minimum Gasteiger partial charge on any atom is -0.509 e. The maximum Gasteiger partial charge on any atom is 0.527 e. The zero-order valence-corrected chi connectivity index (χ0v) is 9.41. The van der Waals surface area contributed by atoms with Crippen LogP contribution in [0.15, 0.2) is 0 Å². The Morgan fingerprint density at radius 3 is 3.00 bits per heavy atom. The van der Waals surface area contributed by atoms with Gasteiger partial charge in [0.15, 0.2) is 0 Å². The number of carbonyl (C=O) groups excluding carboxylic acids is 1. The molecule has 0 N–H and O–H groups in total. The van der Waals surface area contributed by atoms with E-state index in [9.17, 15) is 4.79 Å². The minimum absolute atomic E-state index is 0.0212. The highest BCUT2D eigenvalue weighted by atomic mass is 16.6. The summed E-state index contributed by atoms with van der Waals surface area (Å²) in [4.78, 5) is 11.7. The van der Waals surface area contributed by atoms with E-state index < -0.39 is 0 Å². The van der Waals surface area contributed by atoms with Gasteiger partial charge in [-0.25, -0.2) is 0 Å². The fourth-order valence-electron chi connectivity index (χ4n) is 2.47.